The first-order valence-electron chi connectivity index (χ1n) is 9.02. The lowest BCUT2D eigenvalue weighted by Gasteiger charge is -2.37. The van der Waals surface area contributed by atoms with Gasteiger partial charge in [0.25, 0.3) is 0 Å². The summed E-state index contributed by atoms with van der Waals surface area (Å²) in [6, 6.07) is 11.5. The normalized spacial score (nSPS) is 18.3. The van der Waals surface area contributed by atoms with Crippen LogP contribution < -0.4 is 5.73 Å². The Bertz CT molecular complexity index is 988. The van der Waals surface area contributed by atoms with E-state index in [4.69, 9.17) is 16.0 Å². The van der Waals surface area contributed by atoms with E-state index in [1.165, 1.54) is 19.2 Å². The molecule has 0 saturated heterocycles. The van der Waals surface area contributed by atoms with Gasteiger partial charge in [0, 0.05) is 19.0 Å². The van der Waals surface area contributed by atoms with E-state index in [-0.39, 0.29) is 29.3 Å². The van der Waals surface area contributed by atoms with E-state index in [0.717, 1.165) is 35.0 Å². The molecule has 1 aliphatic heterocycles. The van der Waals surface area contributed by atoms with E-state index < -0.39 is 22.5 Å². The second-order valence-electron chi connectivity index (χ2n) is 6.58. The highest BCUT2D eigenvalue weighted by Crippen LogP contribution is 2.50. The molecule has 0 bridgehead atoms. The molecule has 158 valence electrons. The van der Waals surface area contributed by atoms with Crippen molar-refractivity contribution in [2.75, 3.05) is 14.2 Å². The molecule has 2 aromatic carbocycles. The van der Waals surface area contributed by atoms with Gasteiger partial charge in [0.05, 0.1) is 12.9 Å². The van der Waals surface area contributed by atoms with Gasteiger partial charge in [0.15, 0.2) is 0 Å². The maximum atomic E-state index is 14.5. The molecule has 0 aliphatic carbocycles. The van der Waals surface area contributed by atoms with Crippen molar-refractivity contribution in [1.29, 1.82) is 5.41 Å². The lowest BCUT2D eigenvalue weighted by atomic mass is 10.00. The van der Waals surface area contributed by atoms with Crippen molar-refractivity contribution in [2.24, 2.45) is 10.8 Å². The van der Waals surface area contributed by atoms with Crippen molar-refractivity contribution in [1.82, 2.24) is 10.1 Å². The Morgan fingerprint density at radius 1 is 1.30 bits per heavy atom. The van der Waals surface area contributed by atoms with Crippen LogP contribution in [-0.2, 0) is 9.71 Å². The Hall–Kier alpha value is -2.98. The van der Waals surface area contributed by atoms with Gasteiger partial charge in [-0.3, -0.25) is 10.2 Å². The lowest BCUT2D eigenvalue weighted by Crippen LogP contribution is -2.47. The van der Waals surface area contributed by atoms with Gasteiger partial charge < -0.3 is 5.73 Å². The largest absolute Gasteiger partial charge is 0.388 e. The van der Waals surface area contributed by atoms with Gasteiger partial charge in [-0.15, -0.1) is 0 Å². The fourth-order valence-electron chi connectivity index (χ4n) is 3.06. The standard InChI is InChI=1S/C20H21F2N5O2S/c1-26(29-2)19(28)27-20(11-10-17(23)24,13-6-4-3-5-7-13)30-18(25-27)15-12-14(21)8-9-16(15)22/h3-9,12H,10-11H2,1-2H3,(H3,23,24). The first kappa shape index (κ1) is 21.7. The van der Waals surface area contributed by atoms with Crippen LogP contribution in [-0.4, -0.2) is 41.1 Å². The van der Waals surface area contributed by atoms with Crippen molar-refractivity contribution >= 4 is 28.7 Å². The molecule has 0 saturated carbocycles. The van der Waals surface area contributed by atoms with E-state index >= 15 is 0 Å². The van der Waals surface area contributed by atoms with Crippen molar-refractivity contribution in [3.05, 3.63) is 71.3 Å². The molecule has 2 amide bonds. The molecule has 7 nitrogen and oxygen atoms in total. The molecular formula is C20H21F2N5O2S. The SMILES string of the molecule is CON(C)C(=O)N1N=C(c2cc(F)ccc2F)SC1(CCC(=N)N)c1ccccc1. The number of carbonyl (C=O) groups excluding carboxylic acids is 1. The molecule has 1 heterocycles. The third-order valence-electron chi connectivity index (χ3n) is 4.64. The zero-order chi connectivity index (χ0) is 21.9. The maximum Gasteiger partial charge on any atom is 0.365 e. The summed E-state index contributed by atoms with van der Waals surface area (Å²) in [5, 5.41) is 14.3. The number of hydrazone groups is 1. The molecule has 1 unspecified atom stereocenters. The molecule has 1 aliphatic rings. The fraction of sp³-hybridized carbons (Fsp3) is 0.250. The highest BCUT2D eigenvalue weighted by molar-refractivity contribution is 8.15. The monoisotopic (exact) mass is 433 g/mol. The van der Waals surface area contributed by atoms with Gasteiger partial charge in [-0.2, -0.15) is 10.1 Å². The quantitative estimate of drug-likeness (QED) is 0.411. The van der Waals surface area contributed by atoms with Gasteiger partial charge in [-0.1, -0.05) is 42.1 Å². The first-order chi connectivity index (χ1) is 14.3. The van der Waals surface area contributed by atoms with E-state index in [9.17, 15) is 13.6 Å². The molecule has 2 aromatic rings. The minimum absolute atomic E-state index is 0.0569. The highest BCUT2D eigenvalue weighted by atomic mass is 32.2. The smallest absolute Gasteiger partial charge is 0.365 e. The van der Waals surface area contributed by atoms with Crippen LogP contribution in [0.2, 0.25) is 0 Å². The minimum atomic E-state index is -1.13. The van der Waals surface area contributed by atoms with Crippen molar-refractivity contribution in [2.45, 2.75) is 17.7 Å². The average Bonchev–Trinajstić information content (AvgIpc) is 3.14. The third kappa shape index (κ3) is 4.14. The van der Waals surface area contributed by atoms with Crippen LogP contribution in [0.4, 0.5) is 13.6 Å². The van der Waals surface area contributed by atoms with Gasteiger partial charge in [0.1, 0.15) is 21.5 Å². The Labute approximate surface area is 176 Å². The molecule has 3 rings (SSSR count). The molecule has 0 fully saturated rings. The number of thioether (sulfide) groups is 1. The number of urea groups is 1. The van der Waals surface area contributed by atoms with Crippen LogP contribution in [0, 0.1) is 17.0 Å². The number of carbonyl (C=O) groups is 1. The topological polar surface area (TPSA) is 95.0 Å². The number of hydrogen-bond donors (Lipinski definition) is 2. The fourth-order valence-corrected chi connectivity index (χ4v) is 4.43. The number of nitrogens with two attached hydrogens (primary N) is 1. The lowest BCUT2D eigenvalue weighted by molar-refractivity contribution is -0.0804. The minimum Gasteiger partial charge on any atom is -0.388 e. The number of nitrogens with one attached hydrogen (secondary N) is 1. The van der Waals surface area contributed by atoms with Crippen LogP contribution in [0.3, 0.4) is 0 Å². The third-order valence-corrected chi connectivity index (χ3v) is 6.09. The number of hydrogen-bond acceptors (Lipinski definition) is 5. The number of nitrogens with zero attached hydrogens (tertiary/aromatic N) is 3. The molecule has 0 aromatic heterocycles. The molecule has 0 spiro atoms. The summed E-state index contributed by atoms with van der Waals surface area (Å²) in [6.07, 6.45) is 0.390. The van der Waals surface area contributed by atoms with Crippen molar-refractivity contribution < 1.29 is 18.4 Å². The van der Waals surface area contributed by atoms with Crippen LogP contribution in [0.25, 0.3) is 0 Å². The zero-order valence-corrected chi connectivity index (χ0v) is 17.2. The Morgan fingerprint density at radius 2 is 2.00 bits per heavy atom. The highest BCUT2D eigenvalue weighted by Gasteiger charge is 2.50. The predicted molar refractivity (Wildman–Crippen MR) is 112 cm³/mol. The average molecular weight is 433 g/mol. The van der Waals surface area contributed by atoms with E-state index in [2.05, 4.69) is 5.10 Å². The van der Waals surface area contributed by atoms with Gasteiger partial charge in [-0.05, 0) is 30.2 Å². The summed E-state index contributed by atoms with van der Waals surface area (Å²) in [6.45, 7) is 0. The van der Waals surface area contributed by atoms with Gasteiger partial charge in [-0.25, -0.2) is 18.6 Å². The Balaban J connectivity index is 2.17. The summed E-state index contributed by atoms with van der Waals surface area (Å²) in [5.41, 5.74) is 6.24. The Morgan fingerprint density at radius 3 is 2.63 bits per heavy atom. The van der Waals surface area contributed by atoms with Crippen LogP contribution in [0.15, 0.2) is 53.6 Å². The van der Waals surface area contributed by atoms with Crippen LogP contribution in [0.5, 0.6) is 0 Å². The number of rotatable bonds is 6. The number of halogens is 2. The van der Waals surface area contributed by atoms with Gasteiger partial charge >= 0.3 is 6.03 Å². The summed E-state index contributed by atoms with van der Waals surface area (Å²) < 4.78 is 28.3. The molecular weight excluding hydrogens is 412 g/mol. The zero-order valence-electron chi connectivity index (χ0n) is 16.4. The summed E-state index contributed by atoms with van der Waals surface area (Å²) in [7, 11) is 2.75. The van der Waals surface area contributed by atoms with E-state index in [0.29, 0.717) is 5.56 Å². The second-order valence-corrected chi connectivity index (χ2v) is 7.85. The number of hydroxylamine groups is 2. The van der Waals surface area contributed by atoms with Crippen LogP contribution in [0.1, 0.15) is 24.0 Å². The van der Waals surface area contributed by atoms with Gasteiger partial charge in [0.2, 0.25) is 0 Å². The molecule has 3 N–H and O–H groups in total. The molecule has 10 heteroatoms. The van der Waals surface area contributed by atoms with E-state index in [1.54, 1.807) is 24.3 Å². The molecule has 30 heavy (non-hydrogen) atoms. The molecule has 0 radical (unpaired) electrons. The maximum absolute atomic E-state index is 14.5. The first-order valence-corrected chi connectivity index (χ1v) is 9.83. The summed E-state index contributed by atoms with van der Waals surface area (Å²) in [5.74, 6) is -1.35. The van der Waals surface area contributed by atoms with Crippen molar-refractivity contribution in [3.8, 4) is 0 Å². The van der Waals surface area contributed by atoms with Crippen molar-refractivity contribution in [3.63, 3.8) is 0 Å². The predicted octanol–water partition coefficient (Wildman–Crippen LogP) is 3.86. The number of amidine groups is 1. The second kappa shape index (κ2) is 8.80. The molecule has 1 atom stereocenters. The summed E-state index contributed by atoms with van der Waals surface area (Å²) in [4.78, 5) is 17.0. The number of amides is 2. The van der Waals surface area contributed by atoms with E-state index in [1.807, 2.05) is 6.07 Å². The number of benzene rings is 2. The Kier molecular flexibility index (Phi) is 6.37. The van der Waals surface area contributed by atoms with Crippen LogP contribution >= 0.6 is 11.8 Å². The summed E-state index contributed by atoms with van der Waals surface area (Å²) >= 11 is 1.11.